The molecule has 1 aromatic carbocycles. The third-order valence-electron chi connectivity index (χ3n) is 4.16. The zero-order valence-corrected chi connectivity index (χ0v) is 13.2. The molecule has 0 aromatic heterocycles. The first-order valence-electron chi connectivity index (χ1n) is 7.37. The van der Waals surface area contributed by atoms with Crippen molar-refractivity contribution in [1.29, 1.82) is 0 Å². The topological polar surface area (TPSA) is 82.9 Å². The summed E-state index contributed by atoms with van der Waals surface area (Å²) in [5.41, 5.74) is 8.50. The smallest absolute Gasteiger partial charge is 0.420 e. The number of rotatable bonds is 4. The fourth-order valence-electron chi connectivity index (χ4n) is 2.92. The van der Waals surface area contributed by atoms with Gasteiger partial charge in [0.05, 0.1) is 6.61 Å². The van der Waals surface area contributed by atoms with Crippen LogP contribution >= 0.6 is 11.6 Å². The van der Waals surface area contributed by atoms with Gasteiger partial charge >= 0.3 is 11.7 Å². The molecule has 0 atom stereocenters. The van der Waals surface area contributed by atoms with Crippen LogP contribution in [0.15, 0.2) is 24.3 Å². The first-order chi connectivity index (χ1) is 10.5. The molecule has 0 unspecified atom stereocenters. The summed E-state index contributed by atoms with van der Waals surface area (Å²) in [6.45, 7) is 1.83. The number of halogens is 1. The van der Waals surface area contributed by atoms with Gasteiger partial charge in [-0.2, -0.15) is 4.79 Å². The summed E-state index contributed by atoms with van der Waals surface area (Å²) < 4.78 is 4.83. The zero-order chi connectivity index (χ0) is 16.2. The van der Waals surface area contributed by atoms with Gasteiger partial charge in [-0.25, -0.2) is 4.79 Å². The van der Waals surface area contributed by atoms with Crippen molar-refractivity contribution in [2.45, 2.75) is 44.1 Å². The number of benzene rings is 1. The summed E-state index contributed by atoms with van der Waals surface area (Å²) in [7, 11) is 0. The van der Waals surface area contributed by atoms with Crippen LogP contribution in [-0.4, -0.2) is 33.8 Å². The lowest BCUT2D eigenvalue weighted by molar-refractivity contribution is -0.144. The van der Waals surface area contributed by atoms with E-state index in [9.17, 15) is 9.90 Å². The molecule has 0 bridgehead atoms. The van der Waals surface area contributed by atoms with Gasteiger partial charge < -0.3 is 15.4 Å². The zero-order valence-electron chi connectivity index (χ0n) is 12.5. The van der Waals surface area contributed by atoms with Crippen molar-refractivity contribution < 1.29 is 19.4 Å². The van der Waals surface area contributed by atoms with Gasteiger partial charge in [0.15, 0.2) is 5.60 Å². The van der Waals surface area contributed by atoms with Crippen LogP contribution < -0.4 is 0 Å². The molecule has 1 fully saturated rings. The van der Waals surface area contributed by atoms with Crippen LogP contribution in [0, 0.1) is 0 Å². The highest BCUT2D eigenvalue weighted by molar-refractivity contribution is 6.37. The predicted octanol–water partition coefficient (Wildman–Crippen LogP) is 2.96. The Kier molecular flexibility index (Phi) is 5.35. The molecule has 2 rings (SSSR count). The summed E-state index contributed by atoms with van der Waals surface area (Å²) in [6, 6.07) is 7.64. The first kappa shape index (κ1) is 16.7. The Balaban J connectivity index is 2.08. The van der Waals surface area contributed by atoms with Gasteiger partial charge in [0, 0.05) is 5.02 Å². The molecule has 22 heavy (non-hydrogen) atoms. The van der Waals surface area contributed by atoms with Gasteiger partial charge in [0.25, 0.3) is 0 Å². The predicted molar refractivity (Wildman–Crippen MR) is 82.9 cm³/mol. The Morgan fingerprint density at radius 2 is 2.00 bits per heavy atom. The van der Waals surface area contributed by atoms with Crippen LogP contribution in [0.1, 0.15) is 44.1 Å². The molecule has 1 aliphatic rings. The minimum Gasteiger partial charge on any atom is -0.457 e. The Hall–Kier alpha value is -1.68. The molecule has 0 aliphatic heterocycles. The van der Waals surface area contributed by atoms with E-state index in [4.69, 9.17) is 21.9 Å². The number of hydrogen-bond donors (Lipinski definition) is 1. The quantitative estimate of drug-likeness (QED) is 0.400. The normalized spacial score (nSPS) is 24.4. The Bertz CT molecular complexity index is 586. The van der Waals surface area contributed by atoms with Gasteiger partial charge in [-0.3, -0.25) is 0 Å². The number of esters is 1. The number of carbonyl (C=O) groups excluding carboxylic acids is 1. The molecule has 0 spiro atoms. The number of nitrogens with zero attached hydrogens (tertiary/aromatic N) is 2. The average Bonchev–Trinajstić information content (AvgIpc) is 2.50. The van der Waals surface area contributed by atoms with E-state index in [-0.39, 0.29) is 12.3 Å². The van der Waals surface area contributed by atoms with Gasteiger partial charge in [-0.15, -0.1) is 0 Å². The molecular formula is C16H19ClN2O3. The van der Waals surface area contributed by atoms with Crippen molar-refractivity contribution >= 4 is 23.3 Å². The molecule has 118 valence electrons. The van der Waals surface area contributed by atoms with Crippen LogP contribution in [0.4, 0.5) is 0 Å². The van der Waals surface area contributed by atoms with Gasteiger partial charge in [-0.1, -0.05) is 23.7 Å². The number of ether oxygens (including phenoxy) is 1. The van der Waals surface area contributed by atoms with E-state index in [0.717, 1.165) is 5.56 Å². The van der Waals surface area contributed by atoms with E-state index in [1.807, 2.05) is 24.3 Å². The third kappa shape index (κ3) is 3.55. The van der Waals surface area contributed by atoms with E-state index in [1.54, 1.807) is 6.92 Å². The van der Waals surface area contributed by atoms with Crippen LogP contribution in [0.5, 0.6) is 0 Å². The second kappa shape index (κ2) is 7.05. The molecule has 0 saturated heterocycles. The molecule has 5 nitrogen and oxygen atoms in total. The largest absolute Gasteiger partial charge is 0.457 e. The summed E-state index contributed by atoms with van der Waals surface area (Å²) in [6.07, 6.45) is 2.07. The minimum atomic E-state index is -1.43. The highest BCUT2D eigenvalue weighted by Gasteiger charge is 2.48. The van der Waals surface area contributed by atoms with Crippen LogP contribution in [0.2, 0.25) is 5.02 Å². The lowest BCUT2D eigenvalue weighted by atomic mass is 9.74. The molecule has 1 aromatic rings. The SMILES string of the molecule is CCOC(=O)C(=[N+]=[N-])C1(O)CCC(c2ccc(Cl)cc2)CC1. The molecule has 1 aliphatic carbocycles. The van der Waals surface area contributed by atoms with E-state index in [0.29, 0.717) is 36.6 Å². The molecule has 0 radical (unpaired) electrons. The van der Waals surface area contributed by atoms with Gasteiger partial charge in [-0.05, 0) is 56.2 Å². The van der Waals surface area contributed by atoms with Crippen molar-refractivity contribution in [2.75, 3.05) is 6.61 Å². The standard InChI is InChI=1S/C16H19ClN2O3/c1-2-22-15(20)14(19-18)16(21)9-7-12(8-10-16)11-3-5-13(17)6-4-11/h3-6,12,21H,2,7-10H2,1H3. The van der Waals surface area contributed by atoms with Crippen molar-refractivity contribution in [3.05, 3.63) is 40.4 Å². The number of carbonyl (C=O) groups is 1. The van der Waals surface area contributed by atoms with Crippen molar-refractivity contribution in [3.63, 3.8) is 0 Å². The van der Waals surface area contributed by atoms with Gasteiger partial charge in [0.1, 0.15) is 0 Å². The molecule has 0 amide bonds. The Morgan fingerprint density at radius 3 is 2.50 bits per heavy atom. The van der Waals surface area contributed by atoms with Crippen LogP contribution in [-0.2, 0) is 9.53 Å². The summed E-state index contributed by atoms with van der Waals surface area (Å²) in [5, 5.41) is 11.3. The lowest BCUT2D eigenvalue weighted by Crippen LogP contribution is -2.47. The van der Waals surface area contributed by atoms with E-state index in [1.165, 1.54) is 0 Å². The third-order valence-corrected chi connectivity index (χ3v) is 4.42. The van der Waals surface area contributed by atoms with Crippen LogP contribution in [0.25, 0.3) is 5.53 Å². The maximum absolute atomic E-state index is 11.8. The maximum atomic E-state index is 11.8. The number of hydrogen-bond acceptors (Lipinski definition) is 3. The summed E-state index contributed by atoms with van der Waals surface area (Å²) >= 11 is 5.89. The molecular weight excluding hydrogens is 304 g/mol. The Labute approximate surface area is 134 Å². The second-order valence-electron chi connectivity index (χ2n) is 5.53. The molecule has 6 heteroatoms. The van der Waals surface area contributed by atoms with Crippen molar-refractivity contribution in [2.24, 2.45) is 0 Å². The fourth-order valence-corrected chi connectivity index (χ4v) is 3.05. The Morgan fingerprint density at radius 1 is 1.41 bits per heavy atom. The average molecular weight is 323 g/mol. The molecule has 1 saturated carbocycles. The van der Waals surface area contributed by atoms with E-state index in [2.05, 4.69) is 4.79 Å². The second-order valence-corrected chi connectivity index (χ2v) is 5.96. The van der Waals surface area contributed by atoms with E-state index < -0.39 is 11.6 Å². The van der Waals surface area contributed by atoms with Crippen molar-refractivity contribution in [1.82, 2.24) is 0 Å². The highest BCUT2D eigenvalue weighted by atomic mass is 35.5. The maximum Gasteiger partial charge on any atom is 0.420 e. The molecule has 0 heterocycles. The fraction of sp³-hybridized carbons (Fsp3) is 0.500. The number of aliphatic hydroxyl groups is 1. The summed E-state index contributed by atoms with van der Waals surface area (Å²) in [5.74, 6) is -0.475. The highest BCUT2D eigenvalue weighted by Crippen LogP contribution is 2.38. The van der Waals surface area contributed by atoms with Gasteiger partial charge in [0.2, 0.25) is 0 Å². The van der Waals surface area contributed by atoms with Crippen molar-refractivity contribution in [3.8, 4) is 0 Å². The summed E-state index contributed by atoms with van der Waals surface area (Å²) in [4.78, 5) is 14.8. The monoisotopic (exact) mass is 322 g/mol. The van der Waals surface area contributed by atoms with Crippen LogP contribution in [0.3, 0.4) is 0 Å². The lowest BCUT2D eigenvalue weighted by Gasteiger charge is -2.32. The minimum absolute atomic E-state index is 0.168. The molecule has 1 N–H and O–H groups in total. The van der Waals surface area contributed by atoms with E-state index >= 15 is 0 Å². The first-order valence-corrected chi connectivity index (χ1v) is 7.75.